The highest BCUT2D eigenvalue weighted by molar-refractivity contribution is 7.98. The Morgan fingerprint density at radius 1 is 1.33 bits per heavy atom. The summed E-state index contributed by atoms with van der Waals surface area (Å²) in [6.07, 6.45) is 1.91. The Kier molecular flexibility index (Phi) is 5.49. The summed E-state index contributed by atoms with van der Waals surface area (Å²) in [7, 11) is -3.59. The fraction of sp³-hybridized carbons (Fsp3) is 0.364. The minimum Gasteiger partial charge on any atom is -0.399 e. The van der Waals surface area contributed by atoms with Gasteiger partial charge in [0.15, 0.2) is 9.84 Å². The van der Waals surface area contributed by atoms with Crippen LogP contribution in [-0.4, -0.2) is 38.6 Å². The topological polar surface area (TPSA) is 89.3 Å². The maximum absolute atomic E-state index is 11.9. The van der Waals surface area contributed by atoms with Crippen LogP contribution in [0.3, 0.4) is 0 Å². The lowest BCUT2D eigenvalue weighted by atomic mass is 10.3. The van der Waals surface area contributed by atoms with Gasteiger partial charge in [0.2, 0.25) is 5.91 Å². The quantitative estimate of drug-likeness (QED) is 0.588. The first-order chi connectivity index (χ1) is 8.45. The first kappa shape index (κ1) is 14.8. The van der Waals surface area contributed by atoms with E-state index in [-0.39, 0.29) is 4.90 Å². The molecule has 0 atom stereocenters. The highest BCUT2D eigenvalue weighted by atomic mass is 32.2. The van der Waals surface area contributed by atoms with Gasteiger partial charge in [-0.25, -0.2) is 8.42 Å². The maximum Gasteiger partial charge on any atom is 0.235 e. The van der Waals surface area contributed by atoms with E-state index in [1.165, 1.54) is 24.3 Å². The van der Waals surface area contributed by atoms with Crippen molar-refractivity contribution >= 4 is 33.2 Å². The number of amides is 1. The van der Waals surface area contributed by atoms with E-state index in [0.29, 0.717) is 12.2 Å². The monoisotopic (exact) mass is 288 g/mol. The molecule has 3 N–H and O–H groups in total. The molecule has 0 heterocycles. The fourth-order valence-electron chi connectivity index (χ4n) is 1.27. The first-order valence-corrected chi connectivity index (χ1v) is 8.34. The van der Waals surface area contributed by atoms with Crippen LogP contribution in [0.4, 0.5) is 5.69 Å². The molecule has 1 aromatic rings. The molecule has 5 nitrogen and oxygen atoms in total. The van der Waals surface area contributed by atoms with E-state index in [9.17, 15) is 13.2 Å². The molecule has 1 rings (SSSR count). The molecule has 0 aromatic heterocycles. The third-order valence-corrected chi connectivity index (χ3v) is 4.43. The molecule has 100 valence electrons. The van der Waals surface area contributed by atoms with Gasteiger partial charge in [0.1, 0.15) is 5.75 Å². The van der Waals surface area contributed by atoms with Gasteiger partial charge in [0.05, 0.1) is 4.90 Å². The lowest BCUT2D eigenvalue weighted by molar-refractivity contribution is -0.118. The molecule has 0 saturated heterocycles. The minimum atomic E-state index is -3.59. The molecule has 0 aliphatic rings. The lowest BCUT2D eigenvalue weighted by Gasteiger charge is -2.06. The van der Waals surface area contributed by atoms with Crippen LogP contribution in [0.1, 0.15) is 0 Å². The van der Waals surface area contributed by atoms with Gasteiger partial charge in [0, 0.05) is 18.0 Å². The zero-order chi connectivity index (χ0) is 13.6. The van der Waals surface area contributed by atoms with Gasteiger partial charge in [0.25, 0.3) is 0 Å². The van der Waals surface area contributed by atoms with Crippen LogP contribution in [0.2, 0.25) is 0 Å². The molecular weight excluding hydrogens is 272 g/mol. The molecular formula is C11H16N2O3S2. The van der Waals surface area contributed by atoms with Gasteiger partial charge < -0.3 is 11.1 Å². The largest absolute Gasteiger partial charge is 0.399 e. The van der Waals surface area contributed by atoms with Crippen LogP contribution in [0, 0.1) is 0 Å². The van der Waals surface area contributed by atoms with E-state index in [2.05, 4.69) is 5.32 Å². The Hall–Kier alpha value is -1.21. The second kappa shape index (κ2) is 6.65. The van der Waals surface area contributed by atoms with Crippen LogP contribution in [0.25, 0.3) is 0 Å². The highest BCUT2D eigenvalue weighted by Gasteiger charge is 2.18. The summed E-state index contributed by atoms with van der Waals surface area (Å²) in [6.45, 7) is 0.470. The molecule has 18 heavy (non-hydrogen) atoms. The smallest absolute Gasteiger partial charge is 0.235 e. The molecule has 0 fully saturated rings. The van der Waals surface area contributed by atoms with E-state index in [0.717, 1.165) is 5.75 Å². The van der Waals surface area contributed by atoms with Crippen molar-refractivity contribution in [1.82, 2.24) is 5.32 Å². The van der Waals surface area contributed by atoms with Crippen molar-refractivity contribution in [1.29, 1.82) is 0 Å². The molecule has 0 aliphatic carbocycles. The predicted molar refractivity (Wildman–Crippen MR) is 74.3 cm³/mol. The number of anilines is 1. The number of nitrogens with one attached hydrogen (secondary N) is 1. The number of nitrogen functional groups attached to an aromatic ring is 1. The number of hydrogen-bond acceptors (Lipinski definition) is 5. The molecule has 0 unspecified atom stereocenters. The van der Waals surface area contributed by atoms with Crippen molar-refractivity contribution in [2.75, 3.05) is 30.0 Å². The molecule has 1 amide bonds. The maximum atomic E-state index is 11.9. The summed E-state index contributed by atoms with van der Waals surface area (Å²) in [4.78, 5) is 11.6. The van der Waals surface area contributed by atoms with Crippen LogP contribution in [0.5, 0.6) is 0 Å². The molecule has 0 bridgehead atoms. The lowest BCUT2D eigenvalue weighted by Crippen LogP contribution is -2.31. The van der Waals surface area contributed by atoms with Gasteiger partial charge in [-0.2, -0.15) is 11.8 Å². The van der Waals surface area contributed by atoms with Crippen molar-refractivity contribution in [3.8, 4) is 0 Å². The zero-order valence-corrected chi connectivity index (χ0v) is 11.7. The number of nitrogens with two attached hydrogens (primary N) is 1. The number of benzene rings is 1. The van der Waals surface area contributed by atoms with Gasteiger partial charge >= 0.3 is 0 Å². The first-order valence-electron chi connectivity index (χ1n) is 5.29. The van der Waals surface area contributed by atoms with Crippen molar-refractivity contribution in [3.05, 3.63) is 24.3 Å². The van der Waals surface area contributed by atoms with E-state index in [1.807, 2.05) is 6.26 Å². The Morgan fingerprint density at radius 3 is 2.50 bits per heavy atom. The second-order valence-electron chi connectivity index (χ2n) is 3.67. The van der Waals surface area contributed by atoms with Crippen molar-refractivity contribution in [2.45, 2.75) is 4.90 Å². The Bertz CT molecular complexity index is 498. The van der Waals surface area contributed by atoms with Crippen molar-refractivity contribution in [2.24, 2.45) is 0 Å². The third kappa shape index (κ3) is 4.58. The predicted octanol–water partition coefficient (Wildman–Crippen LogP) is 0.522. The number of carbonyl (C=O) groups excluding carboxylic acids is 1. The Balaban J connectivity index is 2.64. The number of rotatable bonds is 6. The SMILES string of the molecule is CSCCNC(=O)CS(=O)(=O)c1ccc(N)cc1. The zero-order valence-electron chi connectivity index (χ0n) is 10.0. The van der Waals surface area contributed by atoms with E-state index < -0.39 is 21.5 Å². The van der Waals surface area contributed by atoms with Gasteiger partial charge in [-0.05, 0) is 30.5 Å². The number of thioether (sulfide) groups is 1. The number of hydrogen-bond donors (Lipinski definition) is 2. The second-order valence-corrected chi connectivity index (χ2v) is 6.65. The van der Waals surface area contributed by atoms with Gasteiger partial charge in [-0.1, -0.05) is 0 Å². The van der Waals surface area contributed by atoms with Crippen molar-refractivity contribution < 1.29 is 13.2 Å². The van der Waals surface area contributed by atoms with E-state index in [1.54, 1.807) is 11.8 Å². The summed E-state index contributed by atoms with van der Waals surface area (Å²) in [6, 6.07) is 5.80. The molecule has 1 aromatic carbocycles. The number of sulfone groups is 1. The van der Waals surface area contributed by atoms with Crippen molar-refractivity contribution in [3.63, 3.8) is 0 Å². The summed E-state index contributed by atoms with van der Waals surface area (Å²) in [5.74, 6) is -0.264. The molecule has 0 radical (unpaired) electrons. The average Bonchev–Trinajstić information content (AvgIpc) is 2.29. The summed E-state index contributed by atoms with van der Waals surface area (Å²) >= 11 is 1.58. The molecule has 0 aliphatic heterocycles. The molecule has 0 spiro atoms. The fourth-order valence-corrected chi connectivity index (χ4v) is 2.75. The number of carbonyl (C=O) groups is 1. The minimum absolute atomic E-state index is 0.108. The Labute approximate surface area is 111 Å². The normalized spacial score (nSPS) is 11.2. The van der Waals surface area contributed by atoms with E-state index in [4.69, 9.17) is 5.73 Å². The van der Waals surface area contributed by atoms with Crippen LogP contribution in [0.15, 0.2) is 29.2 Å². The average molecular weight is 288 g/mol. The van der Waals surface area contributed by atoms with Crippen LogP contribution in [-0.2, 0) is 14.6 Å². The Morgan fingerprint density at radius 2 is 1.94 bits per heavy atom. The van der Waals surface area contributed by atoms with E-state index >= 15 is 0 Å². The summed E-state index contributed by atoms with van der Waals surface area (Å²) < 4.78 is 23.8. The summed E-state index contributed by atoms with van der Waals surface area (Å²) in [5.41, 5.74) is 5.96. The standard InChI is InChI=1S/C11H16N2O3S2/c1-17-7-6-13-11(14)8-18(15,16)10-4-2-9(12)3-5-10/h2-5H,6-8,12H2,1H3,(H,13,14). The van der Waals surface area contributed by atoms with Gasteiger partial charge in [-0.3, -0.25) is 4.79 Å². The van der Waals surface area contributed by atoms with Crippen LogP contribution < -0.4 is 11.1 Å². The third-order valence-electron chi connectivity index (χ3n) is 2.19. The highest BCUT2D eigenvalue weighted by Crippen LogP contribution is 2.13. The molecule has 0 saturated carbocycles. The van der Waals surface area contributed by atoms with Gasteiger partial charge in [-0.15, -0.1) is 0 Å². The molecule has 7 heteroatoms. The summed E-state index contributed by atoms with van der Waals surface area (Å²) in [5, 5.41) is 2.56. The van der Waals surface area contributed by atoms with Crippen LogP contribution >= 0.6 is 11.8 Å².